The SMILES string of the molecule is Br.Cc1cn2cc(CC(=O)O)nc2s1. The first kappa shape index (κ1) is 11.2. The molecule has 0 radical (unpaired) electrons. The molecule has 0 unspecified atom stereocenters. The van der Waals surface area contributed by atoms with E-state index in [0.717, 1.165) is 4.96 Å². The molecular formula is C8H9BrN2O2S. The van der Waals surface area contributed by atoms with Gasteiger partial charge in [-0.1, -0.05) is 0 Å². The Hall–Kier alpha value is -0.880. The summed E-state index contributed by atoms with van der Waals surface area (Å²) in [6, 6.07) is 0. The van der Waals surface area contributed by atoms with E-state index in [-0.39, 0.29) is 23.4 Å². The van der Waals surface area contributed by atoms with Gasteiger partial charge in [-0.25, -0.2) is 4.98 Å². The summed E-state index contributed by atoms with van der Waals surface area (Å²) in [7, 11) is 0. The number of hydrogen-bond acceptors (Lipinski definition) is 3. The Morgan fingerprint density at radius 2 is 2.36 bits per heavy atom. The second kappa shape index (κ2) is 4.10. The number of nitrogens with zero attached hydrogens (tertiary/aromatic N) is 2. The Kier molecular flexibility index (Phi) is 3.28. The van der Waals surface area contributed by atoms with E-state index in [2.05, 4.69) is 4.98 Å². The van der Waals surface area contributed by atoms with E-state index in [4.69, 9.17) is 5.11 Å². The maximum Gasteiger partial charge on any atom is 0.309 e. The summed E-state index contributed by atoms with van der Waals surface area (Å²) in [5.41, 5.74) is 0.610. The number of carboxylic acids is 1. The van der Waals surface area contributed by atoms with Gasteiger partial charge in [-0.05, 0) is 6.92 Å². The molecule has 0 bridgehead atoms. The number of carboxylic acid groups (broad SMARTS) is 1. The van der Waals surface area contributed by atoms with Crippen molar-refractivity contribution in [3.63, 3.8) is 0 Å². The third-order valence-corrected chi connectivity index (χ3v) is 2.57. The van der Waals surface area contributed by atoms with Gasteiger partial charge in [0.05, 0.1) is 12.1 Å². The summed E-state index contributed by atoms with van der Waals surface area (Å²) in [5, 5.41) is 8.54. The lowest BCUT2D eigenvalue weighted by Crippen LogP contribution is -1.99. The van der Waals surface area contributed by atoms with Gasteiger partial charge in [0.15, 0.2) is 4.96 Å². The van der Waals surface area contributed by atoms with Crippen molar-refractivity contribution in [1.82, 2.24) is 9.38 Å². The molecule has 6 heteroatoms. The molecule has 2 rings (SSSR count). The second-order valence-electron chi connectivity index (χ2n) is 2.83. The van der Waals surface area contributed by atoms with Crippen molar-refractivity contribution >= 4 is 39.2 Å². The minimum Gasteiger partial charge on any atom is -0.481 e. The highest BCUT2D eigenvalue weighted by molar-refractivity contribution is 8.93. The fourth-order valence-corrected chi connectivity index (χ4v) is 2.03. The zero-order valence-corrected chi connectivity index (χ0v) is 9.96. The number of aryl methyl sites for hydroxylation is 1. The topological polar surface area (TPSA) is 54.6 Å². The number of thiazole rings is 1. The van der Waals surface area contributed by atoms with Crippen LogP contribution in [0.25, 0.3) is 4.96 Å². The molecule has 0 atom stereocenters. The second-order valence-corrected chi connectivity index (χ2v) is 4.05. The van der Waals surface area contributed by atoms with Gasteiger partial charge in [0.25, 0.3) is 0 Å². The molecule has 4 nitrogen and oxygen atoms in total. The van der Waals surface area contributed by atoms with Crippen LogP contribution in [-0.4, -0.2) is 20.5 Å². The van der Waals surface area contributed by atoms with Crippen molar-refractivity contribution in [2.45, 2.75) is 13.3 Å². The minimum atomic E-state index is -0.845. The number of hydrogen-bond donors (Lipinski definition) is 1. The van der Waals surface area contributed by atoms with E-state index in [1.54, 1.807) is 17.5 Å². The molecule has 0 aliphatic heterocycles. The number of carbonyl (C=O) groups is 1. The van der Waals surface area contributed by atoms with Crippen LogP contribution in [0, 0.1) is 6.92 Å². The highest BCUT2D eigenvalue weighted by atomic mass is 79.9. The molecule has 0 fully saturated rings. The van der Waals surface area contributed by atoms with E-state index in [9.17, 15) is 4.79 Å². The number of aromatic nitrogens is 2. The van der Waals surface area contributed by atoms with Crippen molar-refractivity contribution in [3.8, 4) is 0 Å². The van der Waals surface area contributed by atoms with Gasteiger partial charge in [0.1, 0.15) is 0 Å². The van der Waals surface area contributed by atoms with Crippen LogP contribution in [0.3, 0.4) is 0 Å². The number of halogens is 1. The largest absolute Gasteiger partial charge is 0.481 e. The summed E-state index contributed by atoms with van der Waals surface area (Å²) >= 11 is 1.56. The lowest BCUT2D eigenvalue weighted by atomic mass is 10.3. The van der Waals surface area contributed by atoms with Crippen LogP contribution < -0.4 is 0 Å². The van der Waals surface area contributed by atoms with E-state index in [0.29, 0.717) is 5.69 Å². The molecule has 2 aromatic heterocycles. The van der Waals surface area contributed by atoms with Gasteiger partial charge in [-0.3, -0.25) is 9.20 Å². The standard InChI is InChI=1S/C8H8N2O2S.BrH/c1-5-3-10-4-6(2-7(11)12)9-8(10)13-5;/h3-4H,2H2,1H3,(H,11,12);1H. The van der Waals surface area contributed by atoms with Crippen molar-refractivity contribution in [2.24, 2.45) is 0 Å². The van der Waals surface area contributed by atoms with Crippen LogP contribution in [0.5, 0.6) is 0 Å². The van der Waals surface area contributed by atoms with Crippen molar-refractivity contribution in [3.05, 3.63) is 23.0 Å². The molecule has 0 aliphatic rings. The summed E-state index contributed by atoms with van der Waals surface area (Å²) in [5.74, 6) is -0.845. The third kappa shape index (κ3) is 2.13. The maximum absolute atomic E-state index is 10.4. The van der Waals surface area contributed by atoms with Crippen LogP contribution in [0.4, 0.5) is 0 Å². The highest BCUT2D eigenvalue weighted by Crippen LogP contribution is 2.16. The van der Waals surface area contributed by atoms with Gasteiger partial charge in [-0.2, -0.15) is 0 Å². The van der Waals surface area contributed by atoms with Crippen LogP contribution in [-0.2, 0) is 11.2 Å². The van der Waals surface area contributed by atoms with Gasteiger partial charge in [0.2, 0.25) is 0 Å². The van der Waals surface area contributed by atoms with Crippen molar-refractivity contribution in [1.29, 1.82) is 0 Å². The summed E-state index contributed by atoms with van der Waals surface area (Å²) in [6.07, 6.45) is 3.69. The quantitative estimate of drug-likeness (QED) is 0.912. The molecule has 0 aliphatic carbocycles. The van der Waals surface area contributed by atoms with Crippen LogP contribution in [0.1, 0.15) is 10.6 Å². The van der Waals surface area contributed by atoms with Crippen LogP contribution in [0.15, 0.2) is 12.4 Å². The first-order valence-corrected chi connectivity index (χ1v) is 4.62. The molecular weight excluding hydrogens is 268 g/mol. The van der Waals surface area contributed by atoms with E-state index in [1.165, 1.54) is 4.88 Å². The van der Waals surface area contributed by atoms with E-state index >= 15 is 0 Å². The smallest absolute Gasteiger partial charge is 0.309 e. The molecule has 0 aromatic carbocycles. The number of aliphatic carboxylic acids is 1. The highest BCUT2D eigenvalue weighted by Gasteiger charge is 2.07. The molecule has 2 aromatic rings. The Morgan fingerprint density at radius 3 is 2.93 bits per heavy atom. The molecule has 1 N–H and O–H groups in total. The van der Waals surface area contributed by atoms with E-state index in [1.807, 2.05) is 17.5 Å². The average molecular weight is 277 g/mol. The Bertz CT molecular complexity index is 431. The predicted octanol–water partition coefficient (Wildman–Crippen LogP) is 1.91. The average Bonchev–Trinajstić information content (AvgIpc) is 2.41. The summed E-state index contributed by atoms with van der Waals surface area (Å²) < 4.78 is 1.86. The zero-order valence-electron chi connectivity index (χ0n) is 7.43. The normalized spacial score (nSPS) is 10.1. The minimum absolute atomic E-state index is 0. The first-order chi connectivity index (χ1) is 6.15. The van der Waals surface area contributed by atoms with Crippen molar-refractivity contribution in [2.75, 3.05) is 0 Å². The maximum atomic E-state index is 10.4. The van der Waals surface area contributed by atoms with Gasteiger partial charge < -0.3 is 5.11 Å². The first-order valence-electron chi connectivity index (χ1n) is 3.81. The molecule has 0 spiro atoms. The Morgan fingerprint density at radius 1 is 1.64 bits per heavy atom. The van der Waals surface area contributed by atoms with Gasteiger partial charge >= 0.3 is 5.97 Å². The summed E-state index contributed by atoms with van der Waals surface area (Å²) in [4.78, 5) is 16.6. The predicted molar refractivity (Wildman–Crippen MR) is 59.5 cm³/mol. The zero-order chi connectivity index (χ0) is 9.42. The van der Waals surface area contributed by atoms with Crippen molar-refractivity contribution < 1.29 is 9.90 Å². The van der Waals surface area contributed by atoms with E-state index < -0.39 is 5.97 Å². The number of imidazole rings is 1. The van der Waals surface area contributed by atoms with Crippen LogP contribution >= 0.6 is 28.3 Å². The molecule has 0 amide bonds. The summed E-state index contributed by atoms with van der Waals surface area (Å²) in [6.45, 7) is 2.00. The van der Waals surface area contributed by atoms with Gasteiger partial charge in [-0.15, -0.1) is 28.3 Å². The number of fused-ring (bicyclic) bond motifs is 1. The monoisotopic (exact) mass is 276 g/mol. The number of rotatable bonds is 2. The van der Waals surface area contributed by atoms with Gasteiger partial charge in [0, 0.05) is 17.3 Å². The Labute approximate surface area is 95.0 Å². The lowest BCUT2D eigenvalue weighted by molar-refractivity contribution is -0.136. The lowest BCUT2D eigenvalue weighted by Gasteiger charge is -1.85. The fourth-order valence-electron chi connectivity index (χ4n) is 1.20. The third-order valence-electron chi connectivity index (χ3n) is 1.65. The molecule has 0 saturated carbocycles. The van der Waals surface area contributed by atoms with Crippen LogP contribution in [0.2, 0.25) is 0 Å². The molecule has 2 heterocycles. The molecule has 14 heavy (non-hydrogen) atoms. The Balaban J connectivity index is 0.000000980. The fraction of sp³-hybridized carbons (Fsp3) is 0.250. The molecule has 0 saturated heterocycles. The molecule has 76 valence electrons.